The monoisotopic (exact) mass is 1340 g/mol. The van der Waals surface area contributed by atoms with Crippen LogP contribution in [0.15, 0.2) is 154 Å². The van der Waals surface area contributed by atoms with E-state index in [0.717, 1.165) is 65.5 Å². The van der Waals surface area contributed by atoms with Crippen molar-refractivity contribution in [1.82, 2.24) is 0 Å². The molecule has 0 radical (unpaired) electrons. The van der Waals surface area contributed by atoms with Gasteiger partial charge < -0.3 is 24.3 Å². The lowest BCUT2D eigenvalue weighted by molar-refractivity contribution is 0.0596. The van der Waals surface area contributed by atoms with Crippen LogP contribution in [0.3, 0.4) is 0 Å². The van der Waals surface area contributed by atoms with Crippen molar-refractivity contribution in [3.05, 3.63) is 154 Å². The molecule has 5 nitrogen and oxygen atoms in total. The Morgan fingerprint density at radius 1 is 0.568 bits per heavy atom. The molecule has 7 saturated carbocycles. The van der Waals surface area contributed by atoms with Gasteiger partial charge >= 0.3 is 0 Å². The average Bonchev–Trinajstić information content (AvgIpc) is 1.64. The van der Waals surface area contributed by atoms with Gasteiger partial charge in [0.05, 0.1) is 23.4 Å². The van der Waals surface area contributed by atoms with Gasteiger partial charge in [-0.3, -0.25) is 0 Å². The largest absolute Gasteiger partial charge is 0.412 e. The normalized spacial score (nSPS) is 30.5. The molecule has 0 bridgehead atoms. The molecule has 0 heterocycles. The lowest BCUT2D eigenvalue weighted by Crippen LogP contribution is -2.44. The van der Waals surface area contributed by atoms with Crippen molar-refractivity contribution in [3.8, 4) is 0 Å². The van der Waals surface area contributed by atoms with Gasteiger partial charge in [0.15, 0.2) is 8.32 Å². The van der Waals surface area contributed by atoms with Crippen LogP contribution >= 0.6 is 7.14 Å². The smallest absolute Gasteiger partial charge is 0.192 e. The molecule has 95 heavy (non-hydrogen) atoms. The van der Waals surface area contributed by atoms with Crippen molar-refractivity contribution in [1.29, 1.82) is 0 Å². The highest BCUT2D eigenvalue weighted by Crippen LogP contribution is 2.62. The van der Waals surface area contributed by atoms with Crippen LogP contribution in [-0.2, 0) is 8.99 Å². The molecular formula is C88H139O5PSi. The zero-order valence-electron chi connectivity index (χ0n) is 63.8. The standard InChI is InChI=1S/C36H64OSi.C28H46O3.C24H29OP/c1-11-32-28(6)25-30(26-29(32)7)19-20-31-18-16-24-36(10)33(21-22-34(31)36)27(5)17-15-23-35(8,9)37-38(12-2,13-3)14-4;1-6-22-25(29)17-20(18-26(22)30)11-12-21-10-8-16-28(5)23(13-14-24(21)28)19(2)9-7-15-27(3,4)31;1-4-24-19(2)17-21(18-20(24)3)15-16-26(25,22-11-7-5-8-12-22)23-13-9-6-10-14-23/h11,19-20,27-29,33-34H,12-18,21-26H2,1-10H3;6,11-12,19,23-26,29-31H,7-10,13-18H2,1-5H3;4-15,19-20H,16-18H2,1-3H3/b30-19?,31-20+,32-11?;20-11?,21-12+,22-6?;/t27-,28-,29-,33?,34?,36-;19-,23?,24?,25-,26-,28-;19-,20-/m111/s1. The second kappa shape index (κ2) is 35.3. The molecule has 14 atom stereocenters. The third-order valence-corrected chi connectivity index (χ3v) is 33.9. The van der Waals surface area contributed by atoms with Crippen LogP contribution in [0.1, 0.15) is 266 Å². The molecule has 0 amide bonds. The van der Waals surface area contributed by atoms with Crippen LogP contribution in [0.4, 0.5) is 0 Å². The predicted octanol–water partition coefficient (Wildman–Crippen LogP) is 23.7. The summed E-state index contributed by atoms with van der Waals surface area (Å²) in [5.74, 6) is 7.26. The zero-order valence-corrected chi connectivity index (χ0v) is 65.7. The second-order valence-corrected chi connectivity index (χ2v) is 41.2. The summed E-state index contributed by atoms with van der Waals surface area (Å²) in [4.78, 5) is 0. The summed E-state index contributed by atoms with van der Waals surface area (Å²) in [6.45, 7) is 41.6. The maximum absolute atomic E-state index is 14.1. The van der Waals surface area contributed by atoms with E-state index in [1.54, 1.807) is 27.9 Å². The second-order valence-electron chi connectivity index (χ2n) is 33.7. The Kier molecular flexibility index (Phi) is 29.4. The number of benzene rings is 2. The van der Waals surface area contributed by atoms with Crippen molar-refractivity contribution < 1.29 is 24.3 Å². The van der Waals surface area contributed by atoms with E-state index in [1.165, 1.54) is 132 Å². The number of hydrogen-bond donors (Lipinski definition) is 3. The Morgan fingerprint density at radius 2 is 0.958 bits per heavy atom. The maximum Gasteiger partial charge on any atom is 0.192 e. The molecule has 4 unspecified atom stereocenters. The Bertz CT molecular complexity index is 2950. The average molecular weight is 1340 g/mol. The van der Waals surface area contributed by atoms with E-state index in [0.29, 0.717) is 65.3 Å². The number of hydrogen-bond acceptors (Lipinski definition) is 5. The fourth-order valence-electron chi connectivity index (χ4n) is 20.7. The van der Waals surface area contributed by atoms with Crippen LogP contribution in [0.25, 0.3) is 0 Å². The van der Waals surface area contributed by atoms with E-state index in [2.05, 4.69) is 146 Å². The summed E-state index contributed by atoms with van der Waals surface area (Å²) in [6, 6.07) is 23.7. The predicted molar refractivity (Wildman–Crippen MR) is 414 cm³/mol. The van der Waals surface area contributed by atoms with Gasteiger partial charge in [0.25, 0.3) is 0 Å². The van der Waals surface area contributed by atoms with Crippen molar-refractivity contribution >= 4 is 26.1 Å². The molecule has 0 spiro atoms. The summed E-state index contributed by atoms with van der Waals surface area (Å²) in [5.41, 5.74) is 12.1. The maximum atomic E-state index is 14.1. The number of aliphatic hydroxyl groups excluding tert-OH is 2. The summed E-state index contributed by atoms with van der Waals surface area (Å²) in [5, 5.41) is 32.7. The molecule has 2 aromatic rings. The first-order valence-electron chi connectivity index (χ1n) is 39.0. The first-order valence-corrected chi connectivity index (χ1v) is 43.4. The Morgan fingerprint density at radius 3 is 1.35 bits per heavy atom. The zero-order chi connectivity index (χ0) is 69.5. The van der Waals surface area contributed by atoms with Crippen molar-refractivity contribution in [2.45, 2.75) is 307 Å². The summed E-state index contributed by atoms with van der Waals surface area (Å²) in [6.07, 6.45) is 44.5. The Balaban J connectivity index is 0.000000205. The quantitative estimate of drug-likeness (QED) is 0.0659. The van der Waals surface area contributed by atoms with Gasteiger partial charge in [-0.25, -0.2) is 0 Å². The lowest BCUT2D eigenvalue weighted by atomic mass is 9.60. The van der Waals surface area contributed by atoms with Gasteiger partial charge in [-0.05, 0) is 258 Å². The highest BCUT2D eigenvalue weighted by Gasteiger charge is 2.52. The molecule has 9 rings (SSSR count). The van der Waals surface area contributed by atoms with E-state index < -0.39 is 33.3 Å². The minimum Gasteiger partial charge on any atom is -0.412 e. The number of allylic oxidation sites excluding steroid dienone is 14. The molecule has 7 aliphatic rings. The van der Waals surface area contributed by atoms with E-state index in [1.807, 2.05) is 87.5 Å². The Hall–Kier alpha value is -3.35. The molecule has 0 saturated heterocycles. The van der Waals surface area contributed by atoms with Gasteiger partial charge in [-0.2, -0.15) is 0 Å². The van der Waals surface area contributed by atoms with Gasteiger partial charge in [0.2, 0.25) is 0 Å². The van der Waals surface area contributed by atoms with Gasteiger partial charge in [0, 0.05) is 16.8 Å². The fourth-order valence-corrected chi connectivity index (χ4v) is 26.5. The molecule has 3 N–H and O–H groups in total. The molecule has 7 aliphatic carbocycles. The van der Waals surface area contributed by atoms with Crippen molar-refractivity contribution in [2.24, 2.45) is 70.0 Å². The lowest BCUT2D eigenvalue weighted by Gasteiger charge is -2.44. The topological polar surface area (TPSA) is 87.0 Å². The van der Waals surface area contributed by atoms with Crippen LogP contribution in [-0.4, -0.2) is 53.2 Å². The molecule has 7 fully saturated rings. The molecule has 530 valence electrons. The van der Waals surface area contributed by atoms with Crippen LogP contribution < -0.4 is 10.6 Å². The van der Waals surface area contributed by atoms with E-state index in [9.17, 15) is 19.9 Å². The summed E-state index contributed by atoms with van der Waals surface area (Å²) < 4.78 is 21.0. The molecule has 0 aromatic heterocycles. The summed E-state index contributed by atoms with van der Waals surface area (Å²) >= 11 is 0. The van der Waals surface area contributed by atoms with Crippen molar-refractivity contribution in [2.75, 3.05) is 6.16 Å². The first kappa shape index (κ1) is 79.0. The van der Waals surface area contributed by atoms with Crippen LogP contribution in [0.2, 0.25) is 18.1 Å². The van der Waals surface area contributed by atoms with Gasteiger partial charge in [-0.1, -0.05) is 250 Å². The molecular weight excluding hydrogens is 1200 g/mol. The molecule has 2 aromatic carbocycles. The number of fused-ring (bicyclic) bond motifs is 2. The highest BCUT2D eigenvalue weighted by molar-refractivity contribution is 7.78. The summed E-state index contributed by atoms with van der Waals surface area (Å²) in [7, 11) is -4.19. The van der Waals surface area contributed by atoms with Crippen LogP contribution in [0, 0.1) is 70.0 Å². The Labute approximate surface area is 584 Å². The third-order valence-electron chi connectivity index (χ3n) is 26.0. The van der Waals surface area contributed by atoms with E-state index in [4.69, 9.17) is 4.43 Å². The van der Waals surface area contributed by atoms with Gasteiger partial charge in [-0.15, -0.1) is 0 Å². The number of aliphatic hydroxyl groups is 3. The minimum absolute atomic E-state index is 0.0339. The van der Waals surface area contributed by atoms with E-state index >= 15 is 0 Å². The van der Waals surface area contributed by atoms with Gasteiger partial charge in [0.1, 0.15) is 7.14 Å². The minimum atomic E-state index is -2.64. The number of rotatable bonds is 21. The fraction of sp³-hybridized carbons (Fsp3) is 0.682. The highest BCUT2D eigenvalue weighted by atomic mass is 31.2. The SMILES string of the molecule is CC=C1[C@H](C)CC(=C/C=C2\CCC[C@@]3(C)C2CCC3[C@H](C)CCCC(C)(C)O[Si](CC)(CC)CC)C[C@H]1C.CC=C1[C@H](C)CC(=CCP(=O)(c2ccccc2)c2ccccc2)C[C@H]1C.CC=C1[C@H](O)CC(=C/C=C2\CCC[C@@]3(C)C2CCC3[C@H](C)CCCC(C)(C)O)C[C@H]1O. The van der Waals surface area contributed by atoms with Crippen molar-refractivity contribution in [3.63, 3.8) is 0 Å². The van der Waals surface area contributed by atoms with E-state index in [-0.39, 0.29) is 5.60 Å². The molecule has 0 aliphatic heterocycles. The van der Waals surface area contributed by atoms with Crippen LogP contribution in [0.5, 0.6) is 0 Å². The molecule has 7 heteroatoms. The third kappa shape index (κ3) is 20.2. The first-order chi connectivity index (χ1) is 45.0.